The van der Waals surface area contributed by atoms with Crippen molar-refractivity contribution in [1.29, 1.82) is 0 Å². The van der Waals surface area contributed by atoms with Gasteiger partial charge in [-0.25, -0.2) is 4.68 Å². The second-order valence-corrected chi connectivity index (χ2v) is 7.95. The molecule has 0 bridgehead atoms. The van der Waals surface area contributed by atoms with Crippen LogP contribution < -0.4 is 10.1 Å². The second-order valence-electron chi connectivity index (χ2n) is 7.95. The third kappa shape index (κ3) is 5.40. The average molecular weight is 449 g/mol. The molecule has 2 heterocycles. The Morgan fingerprint density at radius 2 is 1.88 bits per heavy atom. The SMILES string of the molecule is CCOc1ccc(CN2C[C@@H](NC(=O)c3ccc(-n4cccn4)cc3)C[C@H]2C(=O)OC)cc1. The molecule has 8 nitrogen and oxygen atoms in total. The van der Waals surface area contributed by atoms with Gasteiger partial charge >= 0.3 is 5.97 Å². The van der Waals surface area contributed by atoms with Crippen molar-refractivity contribution in [1.82, 2.24) is 20.0 Å². The molecular weight excluding hydrogens is 420 g/mol. The molecular formula is C25H28N4O4. The zero-order valence-electron chi connectivity index (χ0n) is 18.8. The number of hydrogen-bond acceptors (Lipinski definition) is 6. The van der Waals surface area contributed by atoms with Crippen LogP contribution in [-0.2, 0) is 16.1 Å². The Hall–Kier alpha value is -3.65. The Balaban J connectivity index is 1.40. The fourth-order valence-corrected chi connectivity index (χ4v) is 4.11. The molecule has 8 heteroatoms. The smallest absolute Gasteiger partial charge is 0.323 e. The monoisotopic (exact) mass is 448 g/mol. The summed E-state index contributed by atoms with van der Waals surface area (Å²) in [6, 6.07) is 16.4. The van der Waals surface area contributed by atoms with Crippen LogP contribution in [0.3, 0.4) is 0 Å². The third-order valence-electron chi connectivity index (χ3n) is 5.73. The summed E-state index contributed by atoms with van der Waals surface area (Å²) in [5.41, 5.74) is 2.50. The van der Waals surface area contributed by atoms with Crippen molar-refractivity contribution in [2.24, 2.45) is 0 Å². The van der Waals surface area contributed by atoms with Crippen LogP contribution in [0.25, 0.3) is 5.69 Å². The lowest BCUT2D eigenvalue weighted by Gasteiger charge is -2.22. The van der Waals surface area contributed by atoms with Gasteiger partial charge in [0.2, 0.25) is 0 Å². The van der Waals surface area contributed by atoms with E-state index in [-0.39, 0.29) is 17.9 Å². The van der Waals surface area contributed by atoms with Gasteiger partial charge in [-0.2, -0.15) is 5.10 Å². The number of ether oxygens (including phenoxy) is 2. The van der Waals surface area contributed by atoms with E-state index < -0.39 is 6.04 Å². The molecule has 4 rings (SSSR count). The zero-order valence-corrected chi connectivity index (χ0v) is 18.8. The molecule has 1 N–H and O–H groups in total. The van der Waals surface area contributed by atoms with Gasteiger partial charge < -0.3 is 14.8 Å². The zero-order chi connectivity index (χ0) is 23.2. The number of carbonyl (C=O) groups is 2. The molecule has 3 aromatic rings. The summed E-state index contributed by atoms with van der Waals surface area (Å²) in [6.07, 6.45) is 4.05. The summed E-state index contributed by atoms with van der Waals surface area (Å²) in [4.78, 5) is 27.3. The quantitative estimate of drug-likeness (QED) is 0.534. The number of benzene rings is 2. The van der Waals surface area contributed by atoms with Gasteiger partial charge in [0, 0.05) is 37.1 Å². The molecule has 2 atom stereocenters. The largest absolute Gasteiger partial charge is 0.494 e. The number of carbonyl (C=O) groups excluding carboxylic acids is 2. The van der Waals surface area contributed by atoms with E-state index >= 15 is 0 Å². The molecule has 1 saturated heterocycles. The summed E-state index contributed by atoms with van der Waals surface area (Å²) >= 11 is 0. The van der Waals surface area contributed by atoms with Gasteiger partial charge in [-0.05, 0) is 61.4 Å². The number of methoxy groups -OCH3 is 1. The second kappa shape index (κ2) is 10.3. The summed E-state index contributed by atoms with van der Waals surface area (Å²) in [6.45, 7) is 3.70. The van der Waals surface area contributed by atoms with Gasteiger partial charge in [-0.1, -0.05) is 12.1 Å². The van der Waals surface area contributed by atoms with Crippen molar-refractivity contribution in [3.63, 3.8) is 0 Å². The van der Waals surface area contributed by atoms with E-state index in [4.69, 9.17) is 9.47 Å². The summed E-state index contributed by atoms with van der Waals surface area (Å²) in [5.74, 6) is 0.357. The Kier molecular flexibility index (Phi) is 7.04. The average Bonchev–Trinajstić information content (AvgIpc) is 3.51. The molecule has 0 saturated carbocycles. The number of amides is 1. The standard InChI is InChI=1S/C25H28N4O4/c1-3-33-22-11-5-18(6-12-22)16-28-17-20(15-23(28)25(31)32-2)27-24(30)19-7-9-21(10-8-19)29-14-4-13-26-29/h4-14,20,23H,3,15-17H2,1-2H3,(H,27,30)/t20-,23-/m0/s1. The maximum absolute atomic E-state index is 12.8. The predicted octanol–water partition coefficient (Wildman–Crippen LogP) is 2.82. The molecule has 1 amide bonds. The van der Waals surface area contributed by atoms with Crippen molar-refractivity contribution >= 4 is 11.9 Å². The first-order chi connectivity index (χ1) is 16.1. The number of nitrogens with zero attached hydrogens (tertiary/aromatic N) is 3. The number of likely N-dealkylation sites (tertiary alicyclic amines) is 1. The minimum atomic E-state index is -0.408. The number of nitrogens with one attached hydrogen (secondary N) is 1. The lowest BCUT2D eigenvalue weighted by atomic mass is 10.1. The fourth-order valence-electron chi connectivity index (χ4n) is 4.11. The van der Waals surface area contributed by atoms with Crippen LogP contribution in [0.4, 0.5) is 0 Å². The van der Waals surface area contributed by atoms with Crippen LogP contribution in [-0.4, -0.2) is 58.9 Å². The first kappa shape index (κ1) is 22.5. The first-order valence-corrected chi connectivity index (χ1v) is 11.0. The van der Waals surface area contributed by atoms with E-state index in [0.29, 0.717) is 31.7 Å². The van der Waals surface area contributed by atoms with E-state index in [9.17, 15) is 9.59 Å². The Morgan fingerprint density at radius 1 is 1.12 bits per heavy atom. The summed E-state index contributed by atoms with van der Waals surface area (Å²) in [7, 11) is 1.39. The van der Waals surface area contributed by atoms with Crippen molar-refractivity contribution in [2.45, 2.75) is 32.0 Å². The fraction of sp³-hybridized carbons (Fsp3) is 0.320. The topological polar surface area (TPSA) is 85.7 Å². The van der Waals surface area contributed by atoms with Crippen molar-refractivity contribution in [3.05, 3.63) is 78.1 Å². The van der Waals surface area contributed by atoms with Gasteiger partial charge in [-0.15, -0.1) is 0 Å². The van der Waals surface area contributed by atoms with Crippen molar-refractivity contribution in [2.75, 3.05) is 20.3 Å². The maximum atomic E-state index is 12.8. The van der Waals surface area contributed by atoms with Crippen LogP contribution >= 0.6 is 0 Å². The van der Waals surface area contributed by atoms with E-state index in [0.717, 1.165) is 17.0 Å². The minimum absolute atomic E-state index is 0.157. The van der Waals surface area contributed by atoms with E-state index in [2.05, 4.69) is 10.4 Å². The number of aromatic nitrogens is 2. The molecule has 0 unspecified atom stereocenters. The molecule has 1 aromatic heterocycles. The normalized spacial score (nSPS) is 18.1. The molecule has 33 heavy (non-hydrogen) atoms. The maximum Gasteiger partial charge on any atom is 0.323 e. The number of hydrogen-bond donors (Lipinski definition) is 1. The number of esters is 1. The van der Waals surface area contributed by atoms with E-state index in [1.54, 1.807) is 23.0 Å². The first-order valence-electron chi connectivity index (χ1n) is 11.0. The third-order valence-corrected chi connectivity index (χ3v) is 5.73. The Morgan fingerprint density at radius 3 is 2.52 bits per heavy atom. The van der Waals surface area contributed by atoms with Gasteiger partial charge in [0.25, 0.3) is 5.91 Å². The highest BCUT2D eigenvalue weighted by Gasteiger charge is 2.38. The Labute approximate surface area is 193 Å². The molecule has 0 radical (unpaired) electrons. The van der Waals surface area contributed by atoms with E-state index in [1.165, 1.54) is 7.11 Å². The lowest BCUT2D eigenvalue weighted by molar-refractivity contribution is -0.146. The summed E-state index contributed by atoms with van der Waals surface area (Å²) in [5, 5.41) is 7.26. The van der Waals surface area contributed by atoms with Crippen LogP contribution in [0.1, 0.15) is 29.3 Å². The highest BCUT2D eigenvalue weighted by molar-refractivity contribution is 5.94. The molecule has 1 aliphatic rings. The van der Waals surface area contributed by atoms with Gasteiger partial charge in [0.05, 0.1) is 19.4 Å². The predicted molar refractivity (Wildman–Crippen MR) is 123 cm³/mol. The molecule has 1 aliphatic heterocycles. The molecule has 2 aromatic carbocycles. The number of rotatable bonds is 8. The minimum Gasteiger partial charge on any atom is -0.494 e. The van der Waals surface area contributed by atoms with Gasteiger partial charge in [-0.3, -0.25) is 14.5 Å². The Bertz CT molecular complexity index is 1060. The van der Waals surface area contributed by atoms with Crippen molar-refractivity contribution in [3.8, 4) is 11.4 Å². The molecule has 0 spiro atoms. The van der Waals surface area contributed by atoms with Crippen LogP contribution in [0, 0.1) is 0 Å². The highest BCUT2D eigenvalue weighted by atomic mass is 16.5. The lowest BCUT2D eigenvalue weighted by Crippen LogP contribution is -2.37. The molecule has 0 aliphatic carbocycles. The molecule has 172 valence electrons. The van der Waals surface area contributed by atoms with Crippen molar-refractivity contribution < 1.29 is 19.1 Å². The highest BCUT2D eigenvalue weighted by Crippen LogP contribution is 2.23. The molecule has 1 fully saturated rings. The summed E-state index contributed by atoms with van der Waals surface area (Å²) < 4.78 is 12.3. The van der Waals surface area contributed by atoms with Crippen LogP contribution in [0.2, 0.25) is 0 Å². The van der Waals surface area contributed by atoms with Gasteiger partial charge in [0.1, 0.15) is 11.8 Å². The van der Waals surface area contributed by atoms with Gasteiger partial charge in [0.15, 0.2) is 0 Å². The van der Waals surface area contributed by atoms with Crippen LogP contribution in [0.5, 0.6) is 5.75 Å². The van der Waals surface area contributed by atoms with E-state index in [1.807, 2.05) is 60.5 Å². The van der Waals surface area contributed by atoms with Crippen LogP contribution in [0.15, 0.2) is 67.0 Å².